The number of nitrogen functional groups attached to an aromatic ring is 1. The highest BCUT2D eigenvalue weighted by atomic mass is 16.5. The molecule has 16 heavy (non-hydrogen) atoms. The second-order valence-electron chi connectivity index (χ2n) is 4.03. The first kappa shape index (κ1) is 11.2. The minimum absolute atomic E-state index is 0.735. The summed E-state index contributed by atoms with van der Waals surface area (Å²) in [5.74, 6) is 0.854. The molecule has 0 atom stereocenters. The van der Waals surface area contributed by atoms with Crippen molar-refractivity contribution in [1.82, 2.24) is 0 Å². The van der Waals surface area contributed by atoms with Gasteiger partial charge in [0.25, 0.3) is 0 Å². The van der Waals surface area contributed by atoms with Crippen LogP contribution in [0.15, 0.2) is 24.3 Å². The lowest BCUT2D eigenvalue weighted by atomic mass is 10.3. The number of benzene rings is 1. The number of ether oxygens (including phenoxy) is 2. The van der Waals surface area contributed by atoms with E-state index in [2.05, 4.69) is 0 Å². The molecule has 0 unspecified atom stereocenters. The average molecular weight is 223 g/mol. The molecule has 0 radical (unpaired) electrons. The molecule has 1 saturated heterocycles. The molecule has 0 aliphatic carbocycles. The molecule has 1 aliphatic heterocycles. The van der Waals surface area contributed by atoms with Gasteiger partial charge in [0.1, 0.15) is 32.0 Å². The topological polar surface area (TPSA) is 48.9 Å². The molecule has 1 fully saturated rings. The Bertz CT molecular complexity index is 325. The van der Waals surface area contributed by atoms with Crippen molar-refractivity contribution in [3.8, 4) is 5.75 Å². The minimum Gasteiger partial charge on any atom is -0.488 e. The summed E-state index contributed by atoms with van der Waals surface area (Å²) in [5.41, 5.74) is 6.42. The first-order valence-corrected chi connectivity index (χ1v) is 5.74. The predicted octanol–water partition coefficient (Wildman–Crippen LogP) is -0.437. The molecular formula is C12H19N2O2+. The summed E-state index contributed by atoms with van der Waals surface area (Å²) in [4.78, 5) is 1.55. The zero-order chi connectivity index (χ0) is 11.2. The maximum Gasteiger partial charge on any atom is 0.137 e. The fraction of sp³-hybridized carbons (Fsp3) is 0.500. The summed E-state index contributed by atoms with van der Waals surface area (Å²) in [6, 6.07) is 7.56. The maximum absolute atomic E-state index is 5.67. The molecule has 2 rings (SSSR count). The zero-order valence-electron chi connectivity index (χ0n) is 9.45. The van der Waals surface area contributed by atoms with Crippen LogP contribution in [-0.2, 0) is 4.74 Å². The lowest BCUT2D eigenvalue weighted by molar-refractivity contribution is -0.908. The number of quaternary nitrogens is 1. The normalized spacial score (nSPS) is 17.2. The van der Waals surface area contributed by atoms with Crippen molar-refractivity contribution in [1.29, 1.82) is 0 Å². The summed E-state index contributed by atoms with van der Waals surface area (Å²) in [6.45, 7) is 5.67. The number of hydrogen-bond donors (Lipinski definition) is 2. The van der Waals surface area contributed by atoms with E-state index >= 15 is 0 Å². The van der Waals surface area contributed by atoms with E-state index in [0.717, 1.165) is 50.9 Å². The molecule has 0 spiro atoms. The molecule has 1 heterocycles. The van der Waals surface area contributed by atoms with Gasteiger partial charge in [0, 0.05) is 11.8 Å². The van der Waals surface area contributed by atoms with Crippen molar-refractivity contribution >= 4 is 5.69 Å². The molecule has 1 aromatic carbocycles. The van der Waals surface area contributed by atoms with E-state index in [1.54, 1.807) is 4.90 Å². The molecule has 0 bridgehead atoms. The number of hydrogen-bond acceptors (Lipinski definition) is 3. The van der Waals surface area contributed by atoms with Gasteiger partial charge in [-0.15, -0.1) is 0 Å². The van der Waals surface area contributed by atoms with Crippen LogP contribution in [0.4, 0.5) is 5.69 Å². The van der Waals surface area contributed by atoms with Gasteiger partial charge in [0.15, 0.2) is 0 Å². The number of nitrogens with two attached hydrogens (primary N) is 1. The van der Waals surface area contributed by atoms with Gasteiger partial charge in [-0.2, -0.15) is 0 Å². The molecule has 0 amide bonds. The van der Waals surface area contributed by atoms with Gasteiger partial charge in [-0.3, -0.25) is 0 Å². The van der Waals surface area contributed by atoms with Crippen LogP contribution in [0.25, 0.3) is 0 Å². The van der Waals surface area contributed by atoms with Crippen LogP contribution in [-0.4, -0.2) is 39.5 Å². The average Bonchev–Trinajstić information content (AvgIpc) is 2.30. The third kappa shape index (κ3) is 3.40. The molecule has 88 valence electrons. The minimum atomic E-state index is 0.735. The van der Waals surface area contributed by atoms with Crippen molar-refractivity contribution < 1.29 is 14.4 Å². The first-order valence-electron chi connectivity index (χ1n) is 5.74. The van der Waals surface area contributed by atoms with E-state index in [0.29, 0.717) is 0 Å². The van der Waals surface area contributed by atoms with Gasteiger partial charge >= 0.3 is 0 Å². The van der Waals surface area contributed by atoms with E-state index < -0.39 is 0 Å². The van der Waals surface area contributed by atoms with Crippen molar-refractivity contribution in [2.45, 2.75) is 0 Å². The predicted molar refractivity (Wildman–Crippen MR) is 62.7 cm³/mol. The Morgan fingerprint density at radius 3 is 2.88 bits per heavy atom. The summed E-state index contributed by atoms with van der Waals surface area (Å²) in [6.07, 6.45) is 0. The van der Waals surface area contributed by atoms with Crippen LogP contribution in [0.3, 0.4) is 0 Å². The molecule has 3 N–H and O–H groups in total. The Balaban J connectivity index is 1.71. The van der Waals surface area contributed by atoms with Gasteiger partial charge < -0.3 is 20.1 Å². The Morgan fingerprint density at radius 1 is 1.31 bits per heavy atom. The van der Waals surface area contributed by atoms with Crippen molar-refractivity contribution in [2.75, 3.05) is 45.2 Å². The third-order valence-electron chi connectivity index (χ3n) is 2.78. The molecular weight excluding hydrogens is 204 g/mol. The summed E-state index contributed by atoms with van der Waals surface area (Å²) in [5, 5.41) is 0. The smallest absolute Gasteiger partial charge is 0.137 e. The van der Waals surface area contributed by atoms with Gasteiger partial charge in [-0.05, 0) is 12.1 Å². The second-order valence-corrected chi connectivity index (χ2v) is 4.03. The Hall–Kier alpha value is -1.26. The molecule has 4 heteroatoms. The van der Waals surface area contributed by atoms with Crippen LogP contribution in [0.1, 0.15) is 0 Å². The van der Waals surface area contributed by atoms with Crippen LogP contribution in [0.5, 0.6) is 5.75 Å². The van der Waals surface area contributed by atoms with E-state index in [9.17, 15) is 0 Å². The SMILES string of the molecule is Nc1cccc(OCC[NH+]2CCOCC2)c1. The van der Waals surface area contributed by atoms with Crippen LogP contribution in [0.2, 0.25) is 0 Å². The molecule has 1 aliphatic rings. The quantitative estimate of drug-likeness (QED) is 0.681. The summed E-state index contributed by atoms with van der Waals surface area (Å²) < 4.78 is 10.9. The van der Waals surface area contributed by atoms with Crippen molar-refractivity contribution in [3.63, 3.8) is 0 Å². The summed E-state index contributed by atoms with van der Waals surface area (Å²) >= 11 is 0. The third-order valence-corrected chi connectivity index (χ3v) is 2.78. The van der Waals surface area contributed by atoms with E-state index in [1.807, 2.05) is 24.3 Å². The van der Waals surface area contributed by atoms with Gasteiger partial charge in [-0.25, -0.2) is 0 Å². The van der Waals surface area contributed by atoms with Gasteiger partial charge in [0.2, 0.25) is 0 Å². The largest absolute Gasteiger partial charge is 0.488 e. The van der Waals surface area contributed by atoms with Crippen molar-refractivity contribution in [2.24, 2.45) is 0 Å². The van der Waals surface area contributed by atoms with E-state index in [4.69, 9.17) is 15.2 Å². The van der Waals surface area contributed by atoms with Crippen LogP contribution < -0.4 is 15.4 Å². The summed E-state index contributed by atoms with van der Waals surface area (Å²) in [7, 11) is 0. The Morgan fingerprint density at radius 2 is 2.12 bits per heavy atom. The first-order chi connectivity index (χ1) is 7.84. The highest BCUT2D eigenvalue weighted by Crippen LogP contribution is 2.13. The second kappa shape index (κ2) is 5.72. The molecule has 0 aromatic heterocycles. The fourth-order valence-corrected chi connectivity index (χ4v) is 1.83. The lowest BCUT2D eigenvalue weighted by Crippen LogP contribution is -3.14. The lowest BCUT2D eigenvalue weighted by Gasteiger charge is -2.23. The Kier molecular flexibility index (Phi) is 4.02. The fourth-order valence-electron chi connectivity index (χ4n) is 1.83. The van der Waals surface area contributed by atoms with Gasteiger partial charge in [0.05, 0.1) is 13.2 Å². The monoisotopic (exact) mass is 223 g/mol. The van der Waals surface area contributed by atoms with E-state index in [1.165, 1.54) is 0 Å². The highest BCUT2D eigenvalue weighted by molar-refractivity contribution is 5.43. The molecule has 0 saturated carbocycles. The zero-order valence-corrected chi connectivity index (χ0v) is 9.45. The maximum atomic E-state index is 5.67. The van der Waals surface area contributed by atoms with E-state index in [-0.39, 0.29) is 0 Å². The van der Waals surface area contributed by atoms with Gasteiger partial charge in [-0.1, -0.05) is 6.07 Å². The highest BCUT2D eigenvalue weighted by Gasteiger charge is 2.12. The molecule has 4 nitrogen and oxygen atoms in total. The number of nitrogens with one attached hydrogen (secondary N) is 1. The number of morpholine rings is 1. The Labute approximate surface area is 95.9 Å². The number of anilines is 1. The standard InChI is InChI=1S/C12H18N2O2/c13-11-2-1-3-12(10-11)16-9-6-14-4-7-15-8-5-14/h1-3,10H,4-9,13H2/p+1. The van der Waals surface area contributed by atoms with Crippen molar-refractivity contribution in [3.05, 3.63) is 24.3 Å². The number of rotatable bonds is 4. The van der Waals surface area contributed by atoms with Crippen LogP contribution in [0, 0.1) is 0 Å². The van der Waals surface area contributed by atoms with Crippen LogP contribution >= 0.6 is 0 Å². The molecule has 1 aromatic rings.